The molecule has 1 N–H and O–H groups in total. The number of fused-ring (bicyclic) bond motifs is 1. The Kier molecular flexibility index (Phi) is 6.69. The lowest BCUT2D eigenvalue weighted by atomic mass is 9.52. The van der Waals surface area contributed by atoms with E-state index in [-0.39, 0.29) is 5.97 Å². The van der Waals surface area contributed by atoms with Gasteiger partial charge in [0.05, 0.1) is 7.11 Å². The van der Waals surface area contributed by atoms with Crippen LogP contribution in [-0.2, 0) is 9.53 Å². The third kappa shape index (κ3) is 3.97. The van der Waals surface area contributed by atoms with Crippen molar-refractivity contribution in [1.82, 2.24) is 0 Å². The van der Waals surface area contributed by atoms with Crippen LogP contribution in [0.4, 0.5) is 0 Å². The van der Waals surface area contributed by atoms with Gasteiger partial charge in [-0.15, -0.1) is 0 Å². The Bertz CT molecular complexity index is 288. The molecule has 0 heterocycles. The van der Waals surface area contributed by atoms with Gasteiger partial charge < -0.3 is 10.1 Å². The average Bonchev–Trinajstić information content (AvgIpc) is 2.40. The molecule has 3 heteroatoms. The Morgan fingerprint density at radius 3 is 2.67 bits per heavy atom. The Labute approximate surface area is 110 Å². The SMILES string of the molecule is C=N.COC(=O)CCC/C=C\CC1CC2CCC12. The first kappa shape index (κ1) is 14.9. The summed E-state index contributed by atoms with van der Waals surface area (Å²) in [6.07, 6.45) is 12.7. The van der Waals surface area contributed by atoms with E-state index in [9.17, 15) is 4.79 Å². The molecule has 2 rings (SSSR count). The Balaban J connectivity index is 0.000000771. The minimum Gasteiger partial charge on any atom is -0.469 e. The summed E-state index contributed by atoms with van der Waals surface area (Å²) in [5.74, 6) is 3.05. The number of nitrogens with one attached hydrogen (secondary N) is 1. The number of esters is 1. The van der Waals surface area contributed by atoms with Gasteiger partial charge in [-0.05, 0) is 63.0 Å². The fourth-order valence-electron chi connectivity index (χ4n) is 3.00. The smallest absolute Gasteiger partial charge is 0.305 e. The van der Waals surface area contributed by atoms with E-state index in [4.69, 9.17) is 5.41 Å². The number of carbonyl (C=O) groups excluding carboxylic acids is 1. The van der Waals surface area contributed by atoms with Crippen molar-refractivity contribution >= 4 is 12.7 Å². The molecule has 2 saturated carbocycles. The maximum absolute atomic E-state index is 10.8. The summed E-state index contributed by atoms with van der Waals surface area (Å²) in [5.41, 5.74) is 0. The van der Waals surface area contributed by atoms with Crippen molar-refractivity contribution in [3.05, 3.63) is 12.2 Å². The summed E-state index contributed by atoms with van der Waals surface area (Å²) in [7, 11) is 1.45. The summed E-state index contributed by atoms with van der Waals surface area (Å²) in [6.45, 7) is 2.50. The zero-order valence-electron chi connectivity index (χ0n) is 11.4. The zero-order chi connectivity index (χ0) is 13.4. The fourth-order valence-corrected chi connectivity index (χ4v) is 3.00. The maximum Gasteiger partial charge on any atom is 0.305 e. The molecule has 0 bridgehead atoms. The lowest BCUT2D eigenvalue weighted by Gasteiger charge is -2.53. The molecule has 2 aliphatic rings. The molecule has 3 nitrogen and oxygen atoms in total. The summed E-state index contributed by atoms with van der Waals surface area (Å²) in [5, 5.41) is 5.50. The van der Waals surface area contributed by atoms with Gasteiger partial charge in [0.2, 0.25) is 0 Å². The van der Waals surface area contributed by atoms with Crippen molar-refractivity contribution in [3.63, 3.8) is 0 Å². The van der Waals surface area contributed by atoms with Crippen LogP contribution in [0.1, 0.15) is 44.9 Å². The van der Waals surface area contributed by atoms with E-state index in [0.29, 0.717) is 6.42 Å². The minimum absolute atomic E-state index is 0.0929. The first-order valence-corrected chi connectivity index (χ1v) is 6.88. The first-order chi connectivity index (χ1) is 8.81. The van der Waals surface area contributed by atoms with E-state index in [2.05, 4.69) is 23.6 Å². The molecule has 3 unspecified atom stereocenters. The van der Waals surface area contributed by atoms with Crippen LogP contribution >= 0.6 is 0 Å². The largest absolute Gasteiger partial charge is 0.469 e. The third-order valence-corrected chi connectivity index (χ3v) is 4.27. The second kappa shape index (κ2) is 8.06. The van der Waals surface area contributed by atoms with Crippen molar-refractivity contribution in [1.29, 1.82) is 5.41 Å². The lowest BCUT2D eigenvalue weighted by Crippen LogP contribution is -2.43. The molecule has 0 amide bonds. The molecule has 0 aromatic heterocycles. The van der Waals surface area contributed by atoms with Crippen LogP contribution in [0.25, 0.3) is 0 Å². The van der Waals surface area contributed by atoms with Gasteiger partial charge in [-0.1, -0.05) is 12.2 Å². The zero-order valence-corrected chi connectivity index (χ0v) is 11.4. The molecule has 2 aliphatic carbocycles. The summed E-state index contributed by atoms with van der Waals surface area (Å²) < 4.78 is 4.59. The van der Waals surface area contributed by atoms with Crippen LogP contribution in [0.2, 0.25) is 0 Å². The van der Waals surface area contributed by atoms with Crippen molar-refractivity contribution in [2.45, 2.75) is 44.9 Å². The number of allylic oxidation sites excluding steroid dienone is 2. The number of carbonyl (C=O) groups is 1. The monoisotopic (exact) mass is 251 g/mol. The van der Waals surface area contributed by atoms with E-state index in [0.717, 1.165) is 30.6 Å². The van der Waals surface area contributed by atoms with Gasteiger partial charge in [0.1, 0.15) is 0 Å². The summed E-state index contributed by atoms with van der Waals surface area (Å²) in [6, 6.07) is 0. The summed E-state index contributed by atoms with van der Waals surface area (Å²) >= 11 is 0. The predicted octanol–water partition coefficient (Wildman–Crippen LogP) is 3.59. The first-order valence-electron chi connectivity index (χ1n) is 6.88. The van der Waals surface area contributed by atoms with E-state index >= 15 is 0 Å². The van der Waals surface area contributed by atoms with Crippen molar-refractivity contribution in [2.24, 2.45) is 17.8 Å². The molecule has 0 aromatic carbocycles. The number of hydrogen-bond donors (Lipinski definition) is 1. The minimum atomic E-state index is -0.0929. The molecular weight excluding hydrogens is 226 g/mol. The number of unbranched alkanes of at least 4 members (excludes halogenated alkanes) is 1. The standard InChI is InChI=1S/C14H22O2.CH3N/c1-16-14(15)7-5-3-2-4-6-11-10-12-8-9-13(11)12;1-2/h2,4,11-13H,3,5-10H2,1H3;2H,1H2/b4-2-;. The topological polar surface area (TPSA) is 50.1 Å². The molecule has 0 radical (unpaired) electrons. The van der Waals surface area contributed by atoms with Crippen LogP contribution in [0.5, 0.6) is 0 Å². The van der Waals surface area contributed by atoms with Gasteiger partial charge in [0.15, 0.2) is 0 Å². The van der Waals surface area contributed by atoms with Gasteiger partial charge in [0.25, 0.3) is 0 Å². The van der Waals surface area contributed by atoms with E-state index in [1.807, 2.05) is 0 Å². The van der Waals surface area contributed by atoms with Crippen LogP contribution in [0, 0.1) is 23.2 Å². The van der Waals surface area contributed by atoms with Crippen molar-refractivity contribution in [3.8, 4) is 0 Å². The van der Waals surface area contributed by atoms with Gasteiger partial charge in [-0.2, -0.15) is 0 Å². The number of ether oxygens (including phenoxy) is 1. The highest BCUT2D eigenvalue weighted by atomic mass is 16.5. The molecular formula is C15H25NO2. The van der Waals surface area contributed by atoms with Crippen LogP contribution in [0.3, 0.4) is 0 Å². The fraction of sp³-hybridized carbons (Fsp3) is 0.733. The van der Waals surface area contributed by atoms with Crippen LogP contribution in [-0.4, -0.2) is 19.8 Å². The van der Waals surface area contributed by atoms with Crippen molar-refractivity contribution < 1.29 is 9.53 Å². The van der Waals surface area contributed by atoms with E-state index < -0.39 is 0 Å². The third-order valence-electron chi connectivity index (χ3n) is 4.27. The highest BCUT2D eigenvalue weighted by Gasteiger charge is 2.45. The van der Waals surface area contributed by atoms with Gasteiger partial charge >= 0.3 is 5.97 Å². The number of methoxy groups -OCH3 is 1. The second-order valence-corrected chi connectivity index (χ2v) is 5.17. The van der Waals surface area contributed by atoms with Crippen LogP contribution < -0.4 is 0 Å². The normalized spacial score (nSPS) is 28.4. The summed E-state index contributed by atoms with van der Waals surface area (Å²) in [4.78, 5) is 10.8. The lowest BCUT2D eigenvalue weighted by molar-refractivity contribution is -0.140. The van der Waals surface area contributed by atoms with E-state index in [1.54, 1.807) is 0 Å². The average molecular weight is 251 g/mol. The molecule has 3 atom stereocenters. The quantitative estimate of drug-likeness (QED) is 0.339. The Morgan fingerprint density at radius 1 is 1.39 bits per heavy atom. The van der Waals surface area contributed by atoms with Crippen LogP contribution in [0.15, 0.2) is 12.2 Å². The molecule has 18 heavy (non-hydrogen) atoms. The second-order valence-electron chi connectivity index (χ2n) is 5.17. The molecule has 2 fully saturated rings. The molecule has 0 aliphatic heterocycles. The highest BCUT2D eigenvalue weighted by molar-refractivity contribution is 5.68. The molecule has 0 spiro atoms. The molecule has 0 aromatic rings. The highest BCUT2D eigenvalue weighted by Crippen LogP contribution is 2.55. The maximum atomic E-state index is 10.8. The van der Waals surface area contributed by atoms with E-state index in [1.165, 1.54) is 32.8 Å². The van der Waals surface area contributed by atoms with Crippen molar-refractivity contribution in [2.75, 3.05) is 7.11 Å². The Hall–Kier alpha value is -1.12. The number of rotatable bonds is 6. The van der Waals surface area contributed by atoms with Gasteiger partial charge in [-0.3, -0.25) is 4.79 Å². The molecule has 102 valence electrons. The predicted molar refractivity (Wildman–Crippen MR) is 73.8 cm³/mol. The number of hydrogen-bond acceptors (Lipinski definition) is 3. The molecule has 0 saturated heterocycles. The Morgan fingerprint density at radius 2 is 2.17 bits per heavy atom. The van der Waals surface area contributed by atoms with Gasteiger partial charge in [-0.25, -0.2) is 0 Å². The van der Waals surface area contributed by atoms with Gasteiger partial charge in [0, 0.05) is 6.42 Å².